The lowest BCUT2D eigenvalue weighted by molar-refractivity contribution is 0.417. The number of primary sulfonamides is 1. The maximum absolute atomic E-state index is 11.4. The molecule has 0 unspecified atom stereocenters. The first-order valence-electron chi connectivity index (χ1n) is 5.75. The van der Waals surface area contributed by atoms with Crippen LogP contribution in [0.5, 0.6) is 5.75 Å². The van der Waals surface area contributed by atoms with Gasteiger partial charge in [0.1, 0.15) is 10.6 Å². The Labute approximate surface area is 117 Å². The minimum absolute atomic E-state index is 0.0703. The average molecular weight is 293 g/mol. The highest BCUT2D eigenvalue weighted by Crippen LogP contribution is 2.32. The van der Waals surface area contributed by atoms with Crippen LogP contribution >= 0.6 is 0 Å². The van der Waals surface area contributed by atoms with E-state index < -0.39 is 10.0 Å². The second-order valence-electron chi connectivity index (χ2n) is 4.09. The maximum Gasteiger partial charge on any atom is 0.240 e. The Morgan fingerprint density at radius 1 is 1.05 bits per heavy atom. The summed E-state index contributed by atoms with van der Waals surface area (Å²) in [6.45, 7) is 0. The second-order valence-corrected chi connectivity index (χ2v) is 5.62. The topological polar surface area (TPSA) is 107 Å². The number of benzene rings is 2. The molecule has 0 fully saturated rings. The van der Waals surface area contributed by atoms with Crippen LogP contribution in [0.15, 0.2) is 47.4 Å². The number of para-hydroxylation sites is 3. The van der Waals surface area contributed by atoms with E-state index in [1.54, 1.807) is 31.4 Å². The zero-order chi connectivity index (χ0) is 14.8. The monoisotopic (exact) mass is 293 g/mol. The molecule has 0 bridgehead atoms. The minimum atomic E-state index is -3.86. The van der Waals surface area contributed by atoms with Gasteiger partial charge in [0.05, 0.1) is 24.2 Å². The molecule has 0 amide bonds. The maximum atomic E-state index is 11.4. The van der Waals surface area contributed by atoms with Crippen molar-refractivity contribution in [2.75, 3.05) is 18.2 Å². The quantitative estimate of drug-likeness (QED) is 0.743. The fourth-order valence-corrected chi connectivity index (χ4v) is 2.48. The lowest BCUT2D eigenvalue weighted by Gasteiger charge is -2.14. The highest BCUT2D eigenvalue weighted by atomic mass is 32.2. The molecule has 0 spiro atoms. The highest BCUT2D eigenvalue weighted by molar-refractivity contribution is 7.89. The van der Waals surface area contributed by atoms with Gasteiger partial charge in [-0.15, -0.1) is 0 Å². The number of ether oxygens (including phenoxy) is 1. The van der Waals surface area contributed by atoms with Crippen molar-refractivity contribution in [3.63, 3.8) is 0 Å². The molecular weight excluding hydrogens is 278 g/mol. The zero-order valence-electron chi connectivity index (χ0n) is 10.8. The van der Waals surface area contributed by atoms with Crippen molar-refractivity contribution in [2.24, 2.45) is 5.14 Å². The Hall–Kier alpha value is -2.25. The molecule has 2 aromatic rings. The van der Waals surface area contributed by atoms with Crippen LogP contribution in [-0.2, 0) is 10.0 Å². The molecule has 0 saturated heterocycles. The van der Waals surface area contributed by atoms with E-state index >= 15 is 0 Å². The molecule has 0 aliphatic heterocycles. The van der Waals surface area contributed by atoms with Gasteiger partial charge in [-0.2, -0.15) is 0 Å². The van der Waals surface area contributed by atoms with E-state index in [0.29, 0.717) is 17.1 Å². The molecule has 0 aromatic heterocycles. The number of hydrogen-bond acceptors (Lipinski definition) is 5. The molecule has 6 nitrogen and oxygen atoms in total. The standard InChI is InChI=1S/C13H15N3O3S/c1-19-11-7-3-2-5-9(11)16-10-6-4-8-12(13(10)14)20(15,17)18/h2-8,16H,14H2,1H3,(H2,15,17,18). The first kappa shape index (κ1) is 14.2. The summed E-state index contributed by atoms with van der Waals surface area (Å²) in [6.07, 6.45) is 0. The van der Waals surface area contributed by atoms with Crippen LogP contribution in [0.4, 0.5) is 17.1 Å². The van der Waals surface area contributed by atoms with Gasteiger partial charge in [-0.3, -0.25) is 0 Å². The Bertz CT molecular complexity index is 729. The molecule has 0 aliphatic rings. The fraction of sp³-hybridized carbons (Fsp3) is 0.0769. The van der Waals surface area contributed by atoms with Crippen molar-refractivity contribution < 1.29 is 13.2 Å². The van der Waals surface area contributed by atoms with E-state index in [4.69, 9.17) is 15.6 Å². The molecule has 106 valence electrons. The predicted molar refractivity (Wildman–Crippen MR) is 78.5 cm³/mol. The number of methoxy groups -OCH3 is 1. The van der Waals surface area contributed by atoms with Gasteiger partial charge in [-0.1, -0.05) is 18.2 Å². The van der Waals surface area contributed by atoms with Crippen molar-refractivity contribution in [1.29, 1.82) is 0 Å². The summed E-state index contributed by atoms with van der Waals surface area (Å²) in [5, 5.41) is 8.15. The normalized spacial score (nSPS) is 11.1. The molecule has 0 radical (unpaired) electrons. The number of anilines is 3. The van der Waals surface area contributed by atoms with Crippen LogP contribution < -0.4 is 20.9 Å². The summed E-state index contributed by atoms with van der Waals surface area (Å²) in [6, 6.07) is 11.8. The molecule has 0 aliphatic carbocycles. The second kappa shape index (κ2) is 5.40. The summed E-state index contributed by atoms with van der Waals surface area (Å²) in [4.78, 5) is -0.114. The van der Waals surface area contributed by atoms with Crippen LogP contribution in [0.3, 0.4) is 0 Å². The smallest absolute Gasteiger partial charge is 0.240 e. The Morgan fingerprint density at radius 2 is 1.70 bits per heavy atom. The number of nitrogens with two attached hydrogens (primary N) is 2. The number of hydrogen-bond donors (Lipinski definition) is 3. The van der Waals surface area contributed by atoms with Crippen molar-refractivity contribution in [2.45, 2.75) is 4.90 Å². The van der Waals surface area contributed by atoms with Crippen LogP contribution in [0.25, 0.3) is 0 Å². The molecular formula is C13H15N3O3S. The largest absolute Gasteiger partial charge is 0.495 e. The van der Waals surface area contributed by atoms with E-state index in [0.717, 1.165) is 0 Å². The number of sulfonamides is 1. The van der Waals surface area contributed by atoms with Gasteiger partial charge >= 0.3 is 0 Å². The van der Waals surface area contributed by atoms with Gasteiger partial charge in [0.15, 0.2) is 0 Å². The van der Waals surface area contributed by atoms with E-state index in [9.17, 15) is 8.42 Å². The van der Waals surface area contributed by atoms with Crippen molar-refractivity contribution in [1.82, 2.24) is 0 Å². The zero-order valence-corrected chi connectivity index (χ0v) is 11.6. The highest BCUT2D eigenvalue weighted by Gasteiger charge is 2.15. The summed E-state index contributed by atoms with van der Waals surface area (Å²) in [7, 11) is -2.31. The summed E-state index contributed by atoms with van der Waals surface area (Å²) < 4.78 is 28.1. The van der Waals surface area contributed by atoms with Crippen molar-refractivity contribution in [3.8, 4) is 5.75 Å². The lowest BCUT2D eigenvalue weighted by Crippen LogP contribution is -2.15. The third-order valence-electron chi connectivity index (χ3n) is 2.75. The van der Waals surface area contributed by atoms with Crippen LogP contribution in [0.1, 0.15) is 0 Å². The van der Waals surface area contributed by atoms with E-state index in [1.807, 2.05) is 12.1 Å². The molecule has 0 atom stereocenters. The molecule has 2 aromatic carbocycles. The first-order chi connectivity index (χ1) is 9.43. The third kappa shape index (κ3) is 2.84. The van der Waals surface area contributed by atoms with Gasteiger partial charge in [-0.05, 0) is 24.3 Å². The van der Waals surface area contributed by atoms with Gasteiger partial charge in [0, 0.05) is 0 Å². The summed E-state index contributed by atoms with van der Waals surface area (Å²) >= 11 is 0. The minimum Gasteiger partial charge on any atom is -0.495 e. The van der Waals surface area contributed by atoms with Crippen molar-refractivity contribution >= 4 is 27.1 Å². The SMILES string of the molecule is COc1ccccc1Nc1cccc(S(N)(=O)=O)c1N. The molecule has 0 heterocycles. The number of nitrogen functional groups attached to an aromatic ring is 1. The lowest BCUT2D eigenvalue weighted by atomic mass is 10.2. The third-order valence-corrected chi connectivity index (χ3v) is 3.72. The van der Waals surface area contributed by atoms with Gasteiger partial charge < -0.3 is 15.8 Å². The molecule has 2 rings (SSSR count). The van der Waals surface area contributed by atoms with Gasteiger partial charge in [0.25, 0.3) is 0 Å². The summed E-state index contributed by atoms with van der Waals surface area (Å²) in [5.41, 5.74) is 7.04. The Balaban J connectivity index is 2.45. The van der Waals surface area contributed by atoms with E-state index in [-0.39, 0.29) is 10.6 Å². The van der Waals surface area contributed by atoms with Crippen LogP contribution in [0, 0.1) is 0 Å². The average Bonchev–Trinajstić information content (AvgIpc) is 2.40. The van der Waals surface area contributed by atoms with Crippen LogP contribution in [0.2, 0.25) is 0 Å². The van der Waals surface area contributed by atoms with Crippen molar-refractivity contribution in [3.05, 3.63) is 42.5 Å². The fourth-order valence-electron chi connectivity index (χ4n) is 1.79. The van der Waals surface area contributed by atoms with Gasteiger partial charge in [0.2, 0.25) is 10.0 Å². The Kier molecular flexibility index (Phi) is 3.82. The summed E-state index contributed by atoms with van der Waals surface area (Å²) in [5.74, 6) is 0.618. The first-order valence-corrected chi connectivity index (χ1v) is 7.29. The molecule has 0 saturated carbocycles. The predicted octanol–water partition coefficient (Wildman–Crippen LogP) is 1.67. The number of nitrogens with one attached hydrogen (secondary N) is 1. The number of rotatable bonds is 4. The van der Waals surface area contributed by atoms with Gasteiger partial charge in [-0.25, -0.2) is 13.6 Å². The Morgan fingerprint density at radius 3 is 2.35 bits per heavy atom. The van der Waals surface area contributed by atoms with E-state index in [2.05, 4.69) is 5.32 Å². The van der Waals surface area contributed by atoms with E-state index in [1.165, 1.54) is 6.07 Å². The van der Waals surface area contributed by atoms with Crippen LogP contribution in [-0.4, -0.2) is 15.5 Å². The molecule has 20 heavy (non-hydrogen) atoms. The molecule has 5 N–H and O–H groups in total. The molecule has 7 heteroatoms.